The predicted octanol–water partition coefficient (Wildman–Crippen LogP) is 2.80. The maximum atomic E-state index is 12.2. The number of hydrogen-bond donors (Lipinski definition) is 1. The number of nitrogens with zero attached hydrogens (tertiary/aromatic N) is 1. The van der Waals surface area contributed by atoms with Crippen LogP contribution in [0.3, 0.4) is 0 Å². The van der Waals surface area contributed by atoms with Crippen LogP contribution in [-0.2, 0) is 0 Å². The van der Waals surface area contributed by atoms with E-state index in [1.807, 2.05) is 0 Å². The van der Waals surface area contributed by atoms with E-state index in [0.717, 1.165) is 6.42 Å². The Morgan fingerprint density at radius 3 is 2.35 bits per heavy atom. The van der Waals surface area contributed by atoms with Crippen molar-refractivity contribution in [2.75, 3.05) is 13.1 Å². The van der Waals surface area contributed by atoms with Gasteiger partial charge in [-0.15, -0.1) is 0 Å². The minimum Gasteiger partial charge on any atom is -0.475 e. The van der Waals surface area contributed by atoms with E-state index < -0.39 is 5.97 Å². The van der Waals surface area contributed by atoms with E-state index in [2.05, 4.69) is 26.8 Å². The Morgan fingerprint density at radius 1 is 1.25 bits per heavy atom. The summed E-state index contributed by atoms with van der Waals surface area (Å²) in [5.41, 5.74) is 1.46. The Balaban J connectivity index is 2.08. The number of carbonyl (C=O) groups is 2. The molecular weight excluding hydrogens is 258 g/mol. The molecule has 0 saturated carbocycles. The Kier molecular flexibility index (Phi) is 3.70. The van der Waals surface area contributed by atoms with Crippen molar-refractivity contribution in [3.05, 3.63) is 35.3 Å². The van der Waals surface area contributed by atoms with Crippen molar-refractivity contribution >= 4 is 11.9 Å². The summed E-state index contributed by atoms with van der Waals surface area (Å²) in [5.74, 6) is -1.56. The highest BCUT2D eigenvalue weighted by molar-refractivity contribution is 5.93. The van der Waals surface area contributed by atoms with Gasteiger partial charge in [0.25, 0.3) is 5.91 Å². The lowest BCUT2D eigenvalue weighted by Gasteiger charge is -2.31. The van der Waals surface area contributed by atoms with Gasteiger partial charge in [0.1, 0.15) is 0 Å². The Labute approximate surface area is 117 Å². The fraction of sp³-hybridized carbons (Fsp3) is 0.467. The van der Waals surface area contributed by atoms with Crippen molar-refractivity contribution in [1.29, 1.82) is 0 Å². The maximum Gasteiger partial charge on any atom is 0.371 e. The summed E-state index contributed by atoms with van der Waals surface area (Å²) in [7, 11) is 0. The lowest BCUT2D eigenvalue weighted by molar-refractivity contribution is 0.0650. The molecule has 1 aliphatic heterocycles. The van der Waals surface area contributed by atoms with E-state index in [1.165, 1.54) is 17.7 Å². The molecule has 0 unspecified atom stereocenters. The second-order valence-electron chi connectivity index (χ2n) is 5.95. The number of furan rings is 1. The largest absolute Gasteiger partial charge is 0.475 e. The molecule has 0 atom stereocenters. The molecule has 1 aromatic heterocycles. The molecule has 20 heavy (non-hydrogen) atoms. The number of carbonyl (C=O) groups excluding carboxylic acids is 1. The van der Waals surface area contributed by atoms with Crippen LogP contribution in [0.15, 0.2) is 28.2 Å². The number of hydrogen-bond acceptors (Lipinski definition) is 3. The summed E-state index contributed by atoms with van der Waals surface area (Å²) < 4.78 is 5.04. The molecular formula is C15H19NO4. The zero-order chi connectivity index (χ0) is 14.9. The normalized spacial score (nSPS) is 15.9. The molecule has 0 aromatic carbocycles. The third kappa shape index (κ3) is 2.92. The van der Waals surface area contributed by atoms with Crippen LogP contribution in [0.1, 0.15) is 48.3 Å². The summed E-state index contributed by atoms with van der Waals surface area (Å²) in [4.78, 5) is 24.6. The number of carboxylic acid groups (broad SMARTS) is 1. The highest BCUT2D eigenvalue weighted by Gasteiger charge is 2.26. The van der Waals surface area contributed by atoms with Crippen molar-refractivity contribution in [2.24, 2.45) is 5.41 Å². The van der Waals surface area contributed by atoms with Crippen molar-refractivity contribution in [3.8, 4) is 0 Å². The van der Waals surface area contributed by atoms with Crippen molar-refractivity contribution in [1.82, 2.24) is 4.90 Å². The zero-order valence-electron chi connectivity index (χ0n) is 12.0. The molecule has 1 aliphatic rings. The molecule has 1 N–H and O–H groups in total. The summed E-state index contributed by atoms with van der Waals surface area (Å²) in [6.07, 6.45) is 2.91. The summed E-state index contributed by atoms with van der Waals surface area (Å²) >= 11 is 0. The first-order valence-electron chi connectivity index (χ1n) is 6.61. The van der Waals surface area contributed by atoms with Gasteiger partial charge in [-0.1, -0.05) is 32.4 Å². The Bertz CT molecular complexity index is 563. The van der Waals surface area contributed by atoms with Crippen molar-refractivity contribution < 1.29 is 19.1 Å². The minimum absolute atomic E-state index is 0.0787. The molecule has 5 heteroatoms. The van der Waals surface area contributed by atoms with Crippen LogP contribution in [-0.4, -0.2) is 35.0 Å². The summed E-state index contributed by atoms with van der Waals surface area (Å²) in [6.45, 7) is 7.63. The van der Waals surface area contributed by atoms with Gasteiger partial charge < -0.3 is 14.4 Å². The van der Waals surface area contributed by atoms with Crippen LogP contribution < -0.4 is 0 Å². The van der Waals surface area contributed by atoms with Gasteiger partial charge >= 0.3 is 5.97 Å². The number of aromatic carboxylic acids is 1. The van der Waals surface area contributed by atoms with Crippen LogP contribution in [0.4, 0.5) is 0 Å². The van der Waals surface area contributed by atoms with Crippen LogP contribution >= 0.6 is 0 Å². The molecule has 2 heterocycles. The van der Waals surface area contributed by atoms with E-state index in [4.69, 9.17) is 9.52 Å². The first kappa shape index (κ1) is 14.4. The molecule has 108 valence electrons. The fourth-order valence-corrected chi connectivity index (χ4v) is 2.26. The SMILES string of the molecule is CC(C)(C)C1=CCN(C(=O)c2ccc(C(=O)O)o2)CC1. The second kappa shape index (κ2) is 5.15. The lowest BCUT2D eigenvalue weighted by atomic mass is 9.83. The molecule has 0 fully saturated rings. The molecule has 5 nitrogen and oxygen atoms in total. The molecule has 0 bridgehead atoms. The molecule has 1 aromatic rings. The molecule has 1 amide bonds. The third-order valence-corrected chi connectivity index (χ3v) is 3.49. The van der Waals surface area contributed by atoms with Gasteiger partial charge in [0.15, 0.2) is 5.76 Å². The van der Waals surface area contributed by atoms with E-state index in [-0.39, 0.29) is 22.8 Å². The first-order chi connectivity index (χ1) is 9.29. The van der Waals surface area contributed by atoms with Gasteiger partial charge in [-0.3, -0.25) is 4.79 Å². The van der Waals surface area contributed by atoms with Gasteiger partial charge in [-0.2, -0.15) is 0 Å². The highest BCUT2D eigenvalue weighted by Crippen LogP contribution is 2.30. The quantitative estimate of drug-likeness (QED) is 0.844. The van der Waals surface area contributed by atoms with E-state index in [1.54, 1.807) is 4.90 Å². The van der Waals surface area contributed by atoms with E-state index in [0.29, 0.717) is 13.1 Å². The molecule has 0 radical (unpaired) electrons. The average molecular weight is 277 g/mol. The van der Waals surface area contributed by atoms with E-state index in [9.17, 15) is 9.59 Å². The zero-order valence-corrected chi connectivity index (χ0v) is 12.0. The van der Waals surface area contributed by atoms with Crippen LogP contribution in [0, 0.1) is 5.41 Å². The topological polar surface area (TPSA) is 70.8 Å². The van der Waals surface area contributed by atoms with Crippen molar-refractivity contribution in [3.63, 3.8) is 0 Å². The second-order valence-corrected chi connectivity index (χ2v) is 5.95. The first-order valence-corrected chi connectivity index (χ1v) is 6.61. The van der Waals surface area contributed by atoms with Gasteiger partial charge in [0.2, 0.25) is 5.76 Å². The van der Waals surface area contributed by atoms with Gasteiger partial charge in [-0.25, -0.2) is 4.79 Å². The van der Waals surface area contributed by atoms with Gasteiger partial charge in [0, 0.05) is 13.1 Å². The third-order valence-electron chi connectivity index (χ3n) is 3.49. The number of rotatable bonds is 2. The Morgan fingerprint density at radius 2 is 1.90 bits per heavy atom. The van der Waals surface area contributed by atoms with Crippen LogP contribution in [0.5, 0.6) is 0 Å². The molecule has 2 rings (SSSR count). The summed E-state index contributed by atoms with van der Waals surface area (Å²) in [6, 6.07) is 2.71. The molecule has 0 saturated heterocycles. The lowest BCUT2D eigenvalue weighted by Crippen LogP contribution is -2.36. The number of carboxylic acids is 1. The predicted molar refractivity (Wildman–Crippen MR) is 73.7 cm³/mol. The minimum atomic E-state index is -1.17. The number of amides is 1. The molecule has 0 spiro atoms. The van der Waals surface area contributed by atoms with Gasteiger partial charge in [-0.05, 0) is 24.0 Å². The smallest absolute Gasteiger partial charge is 0.371 e. The summed E-state index contributed by atoms with van der Waals surface area (Å²) in [5, 5.41) is 8.79. The highest BCUT2D eigenvalue weighted by atomic mass is 16.4. The maximum absolute atomic E-state index is 12.2. The van der Waals surface area contributed by atoms with E-state index >= 15 is 0 Å². The van der Waals surface area contributed by atoms with Gasteiger partial charge in [0.05, 0.1) is 0 Å². The monoisotopic (exact) mass is 277 g/mol. The van der Waals surface area contributed by atoms with Crippen LogP contribution in [0.25, 0.3) is 0 Å². The molecule has 0 aliphatic carbocycles. The average Bonchev–Trinajstić information content (AvgIpc) is 2.86. The van der Waals surface area contributed by atoms with Crippen molar-refractivity contribution in [2.45, 2.75) is 27.2 Å². The standard InChI is InChI=1S/C15H19NO4/c1-15(2,3)10-6-8-16(9-7-10)13(17)11-4-5-12(20-11)14(18)19/h4-6H,7-9H2,1-3H3,(H,18,19). The van der Waals surface area contributed by atoms with Crippen LogP contribution in [0.2, 0.25) is 0 Å². The fourth-order valence-electron chi connectivity index (χ4n) is 2.26. The Hall–Kier alpha value is -2.04.